The van der Waals surface area contributed by atoms with Crippen LogP contribution in [0.25, 0.3) is 0 Å². The number of carbonyl (C=O) groups excluding carboxylic acids is 1. The number of nitrogens with one attached hydrogen (secondary N) is 1. The van der Waals surface area contributed by atoms with Gasteiger partial charge in [-0.1, -0.05) is 11.3 Å². The van der Waals surface area contributed by atoms with Crippen LogP contribution in [0.4, 0.5) is 0 Å². The van der Waals surface area contributed by atoms with E-state index in [-0.39, 0.29) is 18.2 Å². The van der Waals surface area contributed by atoms with Gasteiger partial charge in [-0.15, -0.1) is 0 Å². The Balaban J connectivity index is 0.000000810. The molecule has 0 aromatic carbocycles. The number of halogens is 1. The SMILES string of the molecule is CC(=O)Cc1[nH+]ccs1.[Cl-]. The average Bonchev–Trinajstić information content (AvgIpc) is 2.15. The molecular formula is C6H8ClNOS. The molecule has 0 aliphatic heterocycles. The van der Waals surface area contributed by atoms with E-state index in [9.17, 15) is 4.79 Å². The first kappa shape index (κ1) is 9.59. The van der Waals surface area contributed by atoms with E-state index >= 15 is 0 Å². The fourth-order valence-corrected chi connectivity index (χ4v) is 1.32. The molecule has 1 heterocycles. The Morgan fingerprint density at radius 1 is 1.80 bits per heavy atom. The molecule has 0 aliphatic rings. The lowest BCUT2D eigenvalue weighted by atomic mass is 10.3. The molecule has 1 aromatic heterocycles. The van der Waals surface area contributed by atoms with E-state index in [4.69, 9.17) is 0 Å². The Hall–Kier alpha value is -0.410. The predicted molar refractivity (Wildman–Crippen MR) is 35.3 cm³/mol. The van der Waals surface area contributed by atoms with Gasteiger partial charge in [0.15, 0.2) is 6.20 Å². The van der Waals surface area contributed by atoms with Gasteiger partial charge in [-0.25, -0.2) is 4.98 Å². The molecule has 0 unspecified atom stereocenters. The number of aromatic nitrogens is 1. The van der Waals surface area contributed by atoms with Gasteiger partial charge in [0, 0.05) is 0 Å². The van der Waals surface area contributed by atoms with E-state index in [0.29, 0.717) is 6.42 Å². The number of Topliss-reactive ketones (excluding diaryl/α,β-unsaturated/α-hetero) is 1. The van der Waals surface area contributed by atoms with Crippen LogP contribution in [0.15, 0.2) is 11.6 Å². The lowest BCUT2D eigenvalue weighted by Gasteiger charge is -1.79. The molecule has 0 spiro atoms. The van der Waals surface area contributed by atoms with Gasteiger partial charge in [-0.05, 0) is 6.92 Å². The van der Waals surface area contributed by atoms with Crippen molar-refractivity contribution in [2.24, 2.45) is 0 Å². The van der Waals surface area contributed by atoms with Crippen molar-refractivity contribution in [1.82, 2.24) is 0 Å². The minimum atomic E-state index is 0. The van der Waals surface area contributed by atoms with Gasteiger partial charge in [0.2, 0.25) is 5.01 Å². The summed E-state index contributed by atoms with van der Waals surface area (Å²) in [4.78, 5) is 13.5. The van der Waals surface area contributed by atoms with Crippen LogP contribution in [-0.2, 0) is 11.2 Å². The largest absolute Gasteiger partial charge is 1.00 e. The van der Waals surface area contributed by atoms with Gasteiger partial charge in [0.05, 0.1) is 5.38 Å². The van der Waals surface area contributed by atoms with Gasteiger partial charge in [0.1, 0.15) is 12.2 Å². The molecular weight excluding hydrogens is 170 g/mol. The van der Waals surface area contributed by atoms with Crippen molar-refractivity contribution < 1.29 is 22.2 Å². The van der Waals surface area contributed by atoms with Crippen LogP contribution < -0.4 is 17.4 Å². The van der Waals surface area contributed by atoms with Crippen molar-refractivity contribution in [3.8, 4) is 0 Å². The maximum atomic E-state index is 10.5. The van der Waals surface area contributed by atoms with Gasteiger partial charge >= 0.3 is 0 Å². The summed E-state index contributed by atoms with van der Waals surface area (Å²) in [5.74, 6) is 0.203. The van der Waals surface area contributed by atoms with Gasteiger partial charge in [0.25, 0.3) is 0 Å². The van der Waals surface area contributed by atoms with Crippen LogP contribution in [0.5, 0.6) is 0 Å². The first-order valence-corrected chi connectivity index (χ1v) is 3.60. The molecule has 0 saturated heterocycles. The molecule has 1 N–H and O–H groups in total. The predicted octanol–water partition coefficient (Wildman–Crippen LogP) is -2.30. The highest BCUT2D eigenvalue weighted by Gasteiger charge is 2.03. The third-order valence-corrected chi connectivity index (χ3v) is 1.75. The number of thiazole rings is 1. The highest BCUT2D eigenvalue weighted by atomic mass is 35.5. The monoisotopic (exact) mass is 177 g/mol. The lowest BCUT2D eigenvalue weighted by molar-refractivity contribution is -0.381. The number of carbonyl (C=O) groups is 1. The zero-order valence-corrected chi connectivity index (χ0v) is 7.13. The zero-order valence-electron chi connectivity index (χ0n) is 5.56. The summed E-state index contributed by atoms with van der Waals surface area (Å²) in [5, 5.41) is 2.96. The van der Waals surface area contributed by atoms with Crippen molar-refractivity contribution in [3.05, 3.63) is 16.6 Å². The second-order valence-corrected chi connectivity index (χ2v) is 2.87. The van der Waals surface area contributed by atoms with Crippen molar-refractivity contribution in [2.45, 2.75) is 13.3 Å². The Morgan fingerprint density at radius 2 is 2.50 bits per heavy atom. The van der Waals surface area contributed by atoms with Gasteiger partial charge in [-0.2, -0.15) is 0 Å². The molecule has 1 aromatic rings. The number of rotatable bonds is 2. The number of aromatic amines is 1. The summed E-state index contributed by atoms with van der Waals surface area (Å²) in [6.45, 7) is 1.59. The smallest absolute Gasteiger partial charge is 0.243 e. The molecule has 0 fully saturated rings. The molecule has 0 amide bonds. The normalized spacial score (nSPS) is 8.50. The fourth-order valence-electron chi connectivity index (χ4n) is 0.596. The molecule has 0 aliphatic carbocycles. The molecule has 4 heteroatoms. The van der Waals surface area contributed by atoms with Crippen LogP contribution in [0.3, 0.4) is 0 Å². The molecule has 1 rings (SSSR count). The number of hydrogen-bond acceptors (Lipinski definition) is 2. The summed E-state index contributed by atoms with van der Waals surface area (Å²) in [7, 11) is 0. The van der Waals surface area contributed by atoms with Gasteiger partial charge in [-0.3, -0.25) is 4.79 Å². The second-order valence-electron chi connectivity index (χ2n) is 1.87. The number of hydrogen-bond donors (Lipinski definition) is 0. The van der Waals surface area contributed by atoms with E-state index in [1.54, 1.807) is 18.3 Å². The Bertz CT molecular complexity index is 198. The van der Waals surface area contributed by atoms with Crippen LogP contribution in [0, 0.1) is 0 Å². The summed E-state index contributed by atoms with van der Waals surface area (Å²) in [6, 6.07) is 0. The quantitative estimate of drug-likeness (QED) is 0.500. The first-order valence-electron chi connectivity index (χ1n) is 2.72. The summed E-state index contributed by atoms with van der Waals surface area (Å²) in [5.41, 5.74) is 0. The Kier molecular flexibility index (Phi) is 4.23. The number of H-pyrrole nitrogens is 1. The minimum absolute atomic E-state index is 0. The molecule has 0 bridgehead atoms. The van der Waals surface area contributed by atoms with Crippen molar-refractivity contribution in [3.63, 3.8) is 0 Å². The van der Waals surface area contributed by atoms with Crippen LogP contribution in [0.1, 0.15) is 11.9 Å². The van der Waals surface area contributed by atoms with Crippen LogP contribution >= 0.6 is 11.3 Å². The lowest BCUT2D eigenvalue weighted by Crippen LogP contribution is -3.00. The van der Waals surface area contributed by atoms with E-state index in [1.807, 2.05) is 11.6 Å². The average molecular weight is 178 g/mol. The molecule has 10 heavy (non-hydrogen) atoms. The maximum Gasteiger partial charge on any atom is 0.243 e. The van der Waals surface area contributed by atoms with Crippen molar-refractivity contribution in [1.29, 1.82) is 0 Å². The Labute approximate surface area is 69.7 Å². The standard InChI is InChI=1S/C6H7NOS.ClH/c1-5(8)4-6-7-2-3-9-6;/h2-3H,4H2,1H3;1H. The topological polar surface area (TPSA) is 31.2 Å². The summed E-state index contributed by atoms with van der Waals surface area (Å²) >= 11 is 1.57. The first-order chi connectivity index (χ1) is 4.29. The Morgan fingerprint density at radius 3 is 2.90 bits per heavy atom. The molecule has 0 radical (unpaired) electrons. The third-order valence-electron chi connectivity index (χ3n) is 0.932. The van der Waals surface area contributed by atoms with E-state index in [0.717, 1.165) is 5.01 Å². The summed E-state index contributed by atoms with van der Waals surface area (Å²) in [6.07, 6.45) is 2.38. The maximum absolute atomic E-state index is 10.5. The third kappa shape index (κ3) is 2.94. The van der Waals surface area contributed by atoms with Crippen LogP contribution in [0.2, 0.25) is 0 Å². The zero-order chi connectivity index (χ0) is 6.69. The highest BCUT2D eigenvalue weighted by Crippen LogP contribution is 1.99. The molecule has 2 nitrogen and oxygen atoms in total. The molecule has 56 valence electrons. The van der Waals surface area contributed by atoms with Crippen LogP contribution in [-0.4, -0.2) is 5.78 Å². The van der Waals surface area contributed by atoms with E-state index in [1.165, 1.54) is 0 Å². The van der Waals surface area contributed by atoms with E-state index in [2.05, 4.69) is 4.98 Å². The summed E-state index contributed by atoms with van der Waals surface area (Å²) < 4.78 is 0. The molecule has 0 saturated carbocycles. The highest BCUT2D eigenvalue weighted by molar-refractivity contribution is 7.09. The minimum Gasteiger partial charge on any atom is -1.00 e. The van der Waals surface area contributed by atoms with Crippen molar-refractivity contribution >= 4 is 17.1 Å². The molecule has 0 atom stereocenters. The van der Waals surface area contributed by atoms with E-state index < -0.39 is 0 Å². The second kappa shape index (κ2) is 4.41. The van der Waals surface area contributed by atoms with Gasteiger partial charge < -0.3 is 12.4 Å². The number of ketones is 1. The fraction of sp³-hybridized carbons (Fsp3) is 0.333. The van der Waals surface area contributed by atoms with Crippen molar-refractivity contribution in [2.75, 3.05) is 0 Å².